The van der Waals surface area contributed by atoms with E-state index in [4.69, 9.17) is 11.6 Å². The topological polar surface area (TPSA) is 86.8 Å². The maximum absolute atomic E-state index is 13.7. The van der Waals surface area contributed by atoms with Gasteiger partial charge in [0.15, 0.2) is 0 Å². The number of sulfonamides is 1. The zero-order chi connectivity index (χ0) is 27.2. The Morgan fingerprint density at radius 1 is 1.03 bits per heavy atom. The number of rotatable bonds is 10. The summed E-state index contributed by atoms with van der Waals surface area (Å²) in [6.07, 6.45) is 6.24. The second-order valence-corrected chi connectivity index (χ2v) is 12.5. The molecule has 0 bridgehead atoms. The highest BCUT2D eigenvalue weighted by Crippen LogP contribution is 2.23. The summed E-state index contributed by atoms with van der Waals surface area (Å²) in [6.45, 7) is 5.51. The number of benzene rings is 2. The second-order valence-electron chi connectivity index (χ2n) is 10.2. The van der Waals surface area contributed by atoms with E-state index < -0.39 is 28.5 Å². The van der Waals surface area contributed by atoms with Crippen LogP contribution in [-0.4, -0.2) is 50.0 Å². The fourth-order valence-electron chi connectivity index (χ4n) is 4.62. The minimum atomic E-state index is -3.76. The van der Waals surface area contributed by atoms with Crippen LogP contribution in [0.1, 0.15) is 69.9 Å². The Labute approximate surface area is 226 Å². The first-order chi connectivity index (χ1) is 17.5. The zero-order valence-electron chi connectivity index (χ0n) is 22.1. The van der Waals surface area contributed by atoms with E-state index in [0.29, 0.717) is 16.6 Å². The SMILES string of the molecule is CC(C)c1ccc(N(CC(=O)N(Cc2cccc(Cl)c2)C(C)C(=O)NC2CCCCC2)S(C)(=O)=O)cc1. The Bertz CT molecular complexity index is 1180. The van der Waals surface area contributed by atoms with Crippen LogP contribution in [0.25, 0.3) is 0 Å². The summed E-state index contributed by atoms with van der Waals surface area (Å²) in [5, 5.41) is 3.61. The molecular formula is C28H38ClN3O4S. The molecule has 9 heteroatoms. The van der Waals surface area contributed by atoms with Crippen molar-refractivity contribution < 1.29 is 18.0 Å². The van der Waals surface area contributed by atoms with E-state index in [9.17, 15) is 18.0 Å². The van der Waals surface area contributed by atoms with Crippen molar-refractivity contribution in [2.45, 2.75) is 77.4 Å². The summed E-state index contributed by atoms with van der Waals surface area (Å²) in [7, 11) is -3.76. The van der Waals surface area contributed by atoms with E-state index in [1.165, 1.54) is 11.3 Å². The highest BCUT2D eigenvalue weighted by atomic mass is 35.5. The summed E-state index contributed by atoms with van der Waals surface area (Å²) in [4.78, 5) is 28.3. The van der Waals surface area contributed by atoms with Gasteiger partial charge in [-0.25, -0.2) is 8.42 Å². The van der Waals surface area contributed by atoms with E-state index in [-0.39, 0.29) is 18.5 Å². The lowest BCUT2D eigenvalue weighted by molar-refractivity contribution is -0.139. The second kappa shape index (κ2) is 12.8. The predicted molar refractivity (Wildman–Crippen MR) is 149 cm³/mol. The van der Waals surface area contributed by atoms with E-state index in [1.807, 2.05) is 18.2 Å². The van der Waals surface area contributed by atoms with Gasteiger partial charge in [-0.3, -0.25) is 13.9 Å². The van der Waals surface area contributed by atoms with Gasteiger partial charge in [-0.15, -0.1) is 0 Å². The number of hydrogen-bond acceptors (Lipinski definition) is 4. The van der Waals surface area contributed by atoms with E-state index >= 15 is 0 Å². The van der Waals surface area contributed by atoms with E-state index in [1.54, 1.807) is 37.3 Å². The Kier molecular flexibility index (Phi) is 10.0. The van der Waals surface area contributed by atoms with Crippen LogP contribution in [0.5, 0.6) is 0 Å². The fraction of sp³-hybridized carbons (Fsp3) is 0.500. The zero-order valence-corrected chi connectivity index (χ0v) is 23.7. The Morgan fingerprint density at radius 2 is 1.68 bits per heavy atom. The smallest absolute Gasteiger partial charge is 0.244 e. The van der Waals surface area contributed by atoms with E-state index in [0.717, 1.165) is 47.4 Å². The lowest BCUT2D eigenvalue weighted by atomic mass is 9.95. The average molecular weight is 548 g/mol. The molecule has 1 unspecified atom stereocenters. The maximum atomic E-state index is 13.7. The van der Waals surface area contributed by atoms with Crippen molar-refractivity contribution in [3.8, 4) is 0 Å². The summed E-state index contributed by atoms with van der Waals surface area (Å²) in [6, 6.07) is 13.6. The van der Waals surface area contributed by atoms with Gasteiger partial charge < -0.3 is 10.2 Å². The van der Waals surface area contributed by atoms with Crippen molar-refractivity contribution in [3.63, 3.8) is 0 Å². The molecule has 7 nitrogen and oxygen atoms in total. The molecule has 0 spiro atoms. The number of halogens is 1. The summed E-state index contributed by atoms with van der Waals surface area (Å²) >= 11 is 6.17. The van der Waals surface area contributed by atoms with Crippen molar-refractivity contribution in [3.05, 3.63) is 64.7 Å². The Morgan fingerprint density at radius 3 is 2.24 bits per heavy atom. The van der Waals surface area contributed by atoms with Gasteiger partial charge in [0, 0.05) is 17.6 Å². The van der Waals surface area contributed by atoms with Crippen LogP contribution in [0.3, 0.4) is 0 Å². The fourth-order valence-corrected chi connectivity index (χ4v) is 5.69. The molecule has 0 heterocycles. The molecule has 3 rings (SSSR count). The first-order valence-electron chi connectivity index (χ1n) is 12.9. The van der Waals surface area contributed by atoms with Gasteiger partial charge in [0.1, 0.15) is 12.6 Å². The predicted octanol–water partition coefficient (Wildman–Crippen LogP) is 5.10. The van der Waals surface area contributed by atoms with Gasteiger partial charge in [-0.05, 0) is 61.1 Å². The van der Waals surface area contributed by atoms with Gasteiger partial charge in [-0.1, -0.05) is 69.0 Å². The summed E-state index contributed by atoms with van der Waals surface area (Å²) in [5.41, 5.74) is 2.23. The van der Waals surface area contributed by atoms with Crippen LogP contribution in [0.4, 0.5) is 5.69 Å². The minimum absolute atomic E-state index is 0.0961. The van der Waals surface area contributed by atoms with Crippen LogP contribution in [-0.2, 0) is 26.2 Å². The monoisotopic (exact) mass is 547 g/mol. The number of hydrogen-bond donors (Lipinski definition) is 1. The third-order valence-corrected chi connectivity index (χ3v) is 8.26. The van der Waals surface area contributed by atoms with Crippen molar-refractivity contribution >= 4 is 39.1 Å². The van der Waals surface area contributed by atoms with Crippen LogP contribution in [0, 0.1) is 0 Å². The maximum Gasteiger partial charge on any atom is 0.244 e. The molecule has 1 N–H and O–H groups in total. The molecule has 0 saturated heterocycles. The molecule has 2 aromatic carbocycles. The molecule has 202 valence electrons. The molecule has 1 saturated carbocycles. The van der Waals surface area contributed by atoms with Crippen LogP contribution < -0.4 is 9.62 Å². The largest absolute Gasteiger partial charge is 0.352 e. The summed E-state index contributed by atoms with van der Waals surface area (Å²) in [5.74, 6) is -0.418. The molecule has 1 fully saturated rings. The highest BCUT2D eigenvalue weighted by molar-refractivity contribution is 7.92. The third kappa shape index (κ3) is 8.20. The molecule has 2 aromatic rings. The molecule has 0 aromatic heterocycles. The van der Waals surface area contributed by atoms with Crippen LogP contribution in [0.2, 0.25) is 5.02 Å². The van der Waals surface area contributed by atoms with Crippen molar-refractivity contribution in [1.29, 1.82) is 0 Å². The quantitative estimate of drug-likeness (QED) is 0.448. The lowest BCUT2D eigenvalue weighted by Crippen LogP contribution is -2.52. The number of nitrogens with one attached hydrogen (secondary N) is 1. The molecular weight excluding hydrogens is 510 g/mol. The van der Waals surface area contributed by atoms with Crippen LogP contribution in [0.15, 0.2) is 48.5 Å². The highest BCUT2D eigenvalue weighted by Gasteiger charge is 2.31. The van der Waals surface area contributed by atoms with Gasteiger partial charge in [0.25, 0.3) is 0 Å². The van der Waals surface area contributed by atoms with Crippen molar-refractivity contribution in [2.24, 2.45) is 0 Å². The molecule has 1 atom stereocenters. The van der Waals surface area contributed by atoms with Gasteiger partial charge >= 0.3 is 0 Å². The lowest BCUT2D eigenvalue weighted by Gasteiger charge is -2.33. The number of carbonyl (C=O) groups excluding carboxylic acids is 2. The van der Waals surface area contributed by atoms with E-state index in [2.05, 4.69) is 19.2 Å². The molecule has 2 amide bonds. The summed E-state index contributed by atoms with van der Waals surface area (Å²) < 4.78 is 26.6. The molecule has 1 aliphatic carbocycles. The Balaban J connectivity index is 1.87. The van der Waals surface area contributed by atoms with Gasteiger partial charge in [0.2, 0.25) is 21.8 Å². The van der Waals surface area contributed by atoms with Crippen LogP contribution >= 0.6 is 11.6 Å². The first-order valence-corrected chi connectivity index (χ1v) is 15.1. The number of amides is 2. The number of carbonyl (C=O) groups is 2. The van der Waals surface area contributed by atoms with Gasteiger partial charge in [-0.2, -0.15) is 0 Å². The minimum Gasteiger partial charge on any atom is -0.352 e. The standard InChI is InChI=1S/C28H38ClN3O4S/c1-20(2)23-13-15-26(16-14-23)32(37(4,35)36)19-27(33)31(18-22-9-8-10-24(29)17-22)21(3)28(34)30-25-11-6-5-7-12-25/h8-10,13-17,20-21,25H,5-7,11-12,18-19H2,1-4H3,(H,30,34). The normalized spacial score (nSPS) is 15.3. The number of nitrogens with zero attached hydrogens (tertiary/aromatic N) is 2. The third-order valence-electron chi connectivity index (χ3n) is 6.89. The van der Waals surface area contributed by atoms with Crippen molar-refractivity contribution in [1.82, 2.24) is 10.2 Å². The average Bonchev–Trinajstić information content (AvgIpc) is 2.85. The molecule has 37 heavy (non-hydrogen) atoms. The molecule has 0 aliphatic heterocycles. The number of anilines is 1. The molecule has 0 radical (unpaired) electrons. The Hall–Kier alpha value is -2.58. The van der Waals surface area contributed by atoms with Crippen molar-refractivity contribution in [2.75, 3.05) is 17.1 Å². The van der Waals surface area contributed by atoms with Gasteiger partial charge in [0.05, 0.1) is 11.9 Å². The first kappa shape index (κ1) is 29.0. The molecule has 1 aliphatic rings.